The molecule has 1 aromatic carbocycles. The van der Waals surface area contributed by atoms with E-state index >= 15 is 0 Å². The second kappa shape index (κ2) is 8.54. The minimum atomic E-state index is -4.61. The highest BCUT2D eigenvalue weighted by atomic mass is 32.2. The Bertz CT molecular complexity index is 960. The number of hydrogen-bond donors (Lipinski definition) is 2. The van der Waals surface area contributed by atoms with Crippen LogP contribution in [-0.4, -0.2) is 44.6 Å². The Morgan fingerprint density at radius 1 is 1.10 bits per heavy atom. The van der Waals surface area contributed by atoms with Gasteiger partial charge in [-0.05, 0) is 38.0 Å². The Balaban J connectivity index is 1.59. The van der Waals surface area contributed by atoms with Crippen LogP contribution in [0.3, 0.4) is 0 Å². The number of nitrogens with one attached hydrogen (secondary N) is 2. The first-order valence-electron chi connectivity index (χ1n) is 9.16. The lowest BCUT2D eigenvalue weighted by Crippen LogP contribution is -2.29. The van der Waals surface area contributed by atoms with Crippen molar-refractivity contribution in [2.45, 2.75) is 30.8 Å². The summed E-state index contributed by atoms with van der Waals surface area (Å²) in [6, 6.07) is 5.45. The highest BCUT2D eigenvalue weighted by molar-refractivity contribution is 7.89. The summed E-state index contributed by atoms with van der Waals surface area (Å²) in [5.41, 5.74) is -1.01. The SMILES string of the molecule is Cc1nc(NCCNS(=O)(=O)c2cccc(C(F)(F)F)c2)cc(N2CCCC2)n1. The molecule has 3 rings (SSSR count). The van der Waals surface area contributed by atoms with Crippen LogP contribution in [0.15, 0.2) is 35.2 Å². The van der Waals surface area contributed by atoms with E-state index in [1.807, 2.05) is 0 Å². The quantitative estimate of drug-likeness (QED) is 0.659. The number of aromatic nitrogens is 2. The van der Waals surface area contributed by atoms with Gasteiger partial charge in [-0.3, -0.25) is 0 Å². The molecule has 0 saturated carbocycles. The number of alkyl halides is 3. The van der Waals surface area contributed by atoms with Gasteiger partial charge in [0, 0.05) is 32.2 Å². The summed E-state index contributed by atoms with van der Waals surface area (Å²) in [5, 5.41) is 3.02. The molecule has 1 aliphatic heterocycles. The van der Waals surface area contributed by atoms with Crippen molar-refractivity contribution in [3.05, 3.63) is 41.7 Å². The molecule has 2 aromatic rings. The molecule has 0 aliphatic carbocycles. The minimum Gasteiger partial charge on any atom is -0.369 e. The molecule has 7 nitrogen and oxygen atoms in total. The molecule has 0 spiro atoms. The maximum Gasteiger partial charge on any atom is 0.416 e. The molecule has 0 radical (unpaired) electrons. The first-order valence-corrected chi connectivity index (χ1v) is 10.6. The van der Waals surface area contributed by atoms with Crippen LogP contribution in [0, 0.1) is 6.92 Å². The van der Waals surface area contributed by atoms with Crippen molar-refractivity contribution < 1.29 is 21.6 Å². The van der Waals surface area contributed by atoms with Crippen molar-refractivity contribution in [2.75, 3.05) is 36.4 Å². The zero-order valence-electron chi connectivity index (χ0n) is 15.8. The third-order valence-corrected chi connectivity index (χ3v) is 5.91. The Kier molecular flexibility index (Phi) is 6.27. The smallest absolute Gasteiger partial charge is 0.369 e. The highest BCUT2D eigenvalue weighted by Gasteiger charge is 2.31. The van der Waals surface area contributed by atoms with Gasteiger partial charge in [-0.15, -0.1) is 0 Å². The minimum absolute atomic E-state index is 0.0132. The van der Waals surface area contributed by atoms with E-state index in [1.165, 1.54) is 0 Å². The second-order valence-electron chi connectivity index (χ2n) is 6.70. The summed E-state index contributed by atoms with van der Waals surface area (Å²) < 4.78 is 65.2. The van der Waals surface area contributed by atoms with Gasteiger partial charge < -0.3 is 10.2 Å². The number of nitrogens with zero attached hydrogens (tertiary/aromatic N) is 3. The van der Waals surface area contributed by atoms with Gasteiger partial charge in [0.05, 0.1) is 10.5 Å². The van der Waals surface area contributed by atoms with Gasteiger partial charge in [0.25, 0.3) is 0 Å². The molecule has 1 fully saturated rings. The number of benzene rings is 1. The van der Waals surface area contributed by atoms with Gasteiger partial charge >= 0.3 is 6.18 Å². The molecule has 1 aliphatic rings. The Morgan fingerprint density at radius 2 is 1.83 bits per heavy atom. The summed E-state index contributed by atoms with van der Waals surface area (Å²) in [5.74, 6) is 1.99. The van der Waals surface area contributed by atoms with E-state index in [1.54, 1.807) is 13.0 Å². The van der Waals surface area contributed by atoms with E-state index in [2.05, 4.69) is 24.9 Å². The number of rotatable bonds is 7. The standard InChI is InChI=1S/C18H22F3N5O2S/c1-13-24-16(12-17(25-13)26-9-2-3-10-26)22-7-8-23-29(27,28)15-6-4-5-14(11-15)18(19,20)21/h4-6,11-12,23H,2-3,7-10H2,1H3,(H,22,24,25). The number of hydrogen-bond acceptors (Lipinski definition) is 6. The lowest BCUT2D eigenvalue weighted by atomic mass is 10.2. The van der Waals surface area contributed by atoms with Crippen LogP contribution in [0.4, 0.5) is 24.8 Å². The molecule has 29 heavy (non-hydrogen) atoms. The summed E-state index contributed by atoms with van der Waals surface area (Å²) in [6.45, 7) is 3.86. The molecule has 0 bridgehead atoms. The third-order valence-electron chi connectivity index (χ3n) is 4.45. The molecular weight excluding hydrogens is 407 g/mol. The maximum absolute atomic E-state index is 12.8. The number of anilines is 2. The molecule has 1 aromatic heterocycles. The number of halogens is 3. The molecule has 1 saturated heterocycles. The molecule has 0 amide bonds. The third kappa shape index (κ3) is 5.57. The van der Waals surface area contributed by atoms with E-state index < -0.39 is 26.7 Å². The van der Waals surface area contributed by atoms with Crippen molar-refractivity contribution in [1.82, 2.24) is 14.7 Å². The van der Waals surface area contributed by atoms with E-state index in [4.69, 9.17) is 0 Å². The fourth-order valence-corrected chi connectivity index (χ4v) is 4.13. The second-order valence-corrected chi connectivity index (χ2v) is 8.47. The van der Waals surface area contributed by atoms with Crippen LogP contribution in [0.25, 0.3) is 0 Å². The molecule has 11 heteroatoms. The van der Waals surface area contributed by atoms with Crippen LogP contribution < -0.4 is 14.9 Å². The predicted octanol–water partition coefficient (Wildman–Crippen LogP) is 2.79. The molecule has 2 N–H and O–H groups in total. The topological polar surface area (TPSA) is 87.2 Å². The van der Waals surface area contributed by atoms with Gasteiger partial charge in [0.2, 0.25) is 10.0 Å². The van der Waals surface area contributed by atoms with Gasteiger partial charge in [-0.1, -0.05) is 6.07 Å². The van der Waals surface area contributed by atoms with Crippen molar-refractivity contribution in [1.29, 1.82) is 0 Å². The van der Waals surface area contributed by atoms with Crippen molar-refractivity contribution in [3.8, 4) is 0 Å². The Labute approximate surface area is 167 Å². The zero-order chi connectivity index (χ0) is 21.1. The van der Waals surface area contributed by atoms with Crippen LogP contribution >= 0.6 is 0 Å². The summed E-state index contributed by atoms with van der Waals surface area (Å²) in [6.07, 6.45) is -2.38. The van der Waals surface area contributed by atoms with Gasteiger partial charge in [0.15, 0.2) is 0 Å². The highest BCUT2D eigenvalue weighted by Crippen LogP contribution is 2.30. The van der Waals surface area contributed by atoms with Crippen LogP contribution in [-0.2, 0) is 16.2 Å². The van der Waals surface area contributed by atoms with E-state index in [0.29, 0.717) is 17.7 Å². The summed E-state index contributed by atoms with van der Waals surface area (Å²) in [4.78, 5) is 10.4. The van der Waals surface area contributed by atoms with Gasteiger partial charge in [-0.25, -0.2) is 23.1 Å². The van der Waals surface area contributed by atoms with E-state index in [9.17, 15) is 21.6 Å². The molecule has 158 valence electrons. The van der Waals surface area contributed by atoms with Gasteiger partial charge in [0.1, 0.15) is 17.5 Å². The van der Waals surface area contributed by atoms with Crippen molar-refractivity contribution >= 4 is 21.7 Å². The van der Waals surface area contributed by atoms with E-state index in [-0.39, 0.29) is 13.1 Å². The number of aryl methyl sites for hydroxylation is 1. The van der Waals surface area contributed by atoms with Crippen LogP contribution in [0.1, 0.15) is 24.2 Å². The Hall–Kier alpha value is -2.40. The summed E-state index contributed by atoms with van der Waals surface area (Å²) in [7, 11) is -4.06. The fraction of sp³-hybridized carbons (Fsp3) is 0.444. The number of sulfonamides is 1. The maximum atomic E-state index is 12.8. The first kappa shape index (κ1) is 21.3. The average Bonchev–Trinajstić information content (AvgIpc) is 3.19. The molecular formula is C18H22F3N5O2S. The molecule has 2 heterocycles. The molecule has 0 unspecified atom stereocenters. The molecule has 0 atom stereocenters. The lowest BCUT2D eigenvalue weighted by Gasteiger charge is -2.18. The van der Waals surface area contributed by atoms with Crippen LogP contribution in [0.5, 0.6) is 0 Å². The normalized spacial score (nSPS) is 15.0. The van der Waals surface area contributed by atoms with Crippen molar-refractivity contribution in [3.63, 3.8) is 0 Å². The van der Waals surface area contributed by atoms with Crippen LogP contribution in [0.2, 0.25) is 0 Å². The zero-order valence-corrected chi connectivity index (χ0v) is 16.6. The van der Waals surface area contributed by atoms with Crippen molar-refractivity contribution in [2.24, 2.45) is 0 Å². The van der Waals surface area contributed by atoms with E-state index in [0.717, 1.165) is 49.9 Å². The Morgan fingerprint density at radius 3 is 2.52 bits per heavy atom. The first-order chi connectivity index (χ1) is 13.6. The fourth-order valence-electron chi connectivity index (χ4n) is 3.05. The average molecular weight is 429 g/mol. The monoisotopic (exact) mass is 429 g/mol. The predicted molar refractivity (Wildman–Crippen MR) is 103 cm³/mol. The lowest BCUT2D eigenvalue weighted by molar-refractivity contribution is -0.137. The summed E-state index contributed by atoms with van der Waals surface area (Å²) >= 11 is 0. The largest absolute Gasteiger partial charge is 0.416 e. The van der Waals surface area contributed by atoms with Gasteiger partial charge in [-0.2, -0.15) is 13.2 Å².